The molecule has 20 heavy (non-hydrogen) atoms. The van der Waals surface area contributed by atoms with Crippen LogP contribution >= 0.6 is 11.8 Å². The number of carbonyl (C=O) groups is 1. The van der Waals surface area contributed by atoms with Crippen molar-refractivity contribution in [3.8, 4) is 6.07 Å². The lowest BCUT2D eigenvalue weighted by Gasteiger charge is -2.21. The molecule has 0 bridgehead atoms. The van der Waals surface area contributed by atoms with Gasteiger partial charge in [0.2, 0.25) is 0 Å². The molecule has 1 aromatic rings. The maximum atomic E-state index is 11.7. The largest absolute Gasteiger partial charge is 0.462 e. The molecule has 0 unspecified atom stereocenters. The van der Waals surface area contributed by atoms with Crippen LogP contribution < -0.4 is 5.73 Å². The number of rotatable bonds is 4. The molecular weight excluding hydrogens is 276 g/mol. The zero-order valence-electron chi connectivity index (χ0n) is 11.0. The van der Waals surface area contributed by atoms with Crippen LogP contribution in [-0.4, -0.2) is 27.8 Å². The number of nitrogen functional groups attached to an aromatic ring is 1. The Balaban J connectivity index is 1.81. The number of hydrogen-bond donors (Lipinski definition) is 1. The highest BCUT2D eigenvalue weighted by Crippen LogP contribution is 2.22. The third-order valence-electron chi connectivity index (χ3n) is 3.09. The van der Waals surface area contributed by atoms with E-state index >= 15 is 0 Å². The summed E-state index contributed by atoms with van der Waals surface area (Å²) < 4.78 is 5.39. The lowest BCUT2D eigenvalue weighted by Crippen LogP contribution is -2.22. The van der Waals surface area contributed by atoms with Crippen molar-refractivity contribution < 1.29 is 9.53 Å². The van der Waals surface area contributed by atoms with Crippen molar-refractivity contribution in [1.82, 2.24) is 9.97 Å². The lowest BCUT2D eigenvalue weighted by molar-refractivity contribution is -0.147. The van der Waals surface area contributed by atoms with Gasteiger partial charge in [0.15, 0.2) is 5.16 Å². The Bertz CT molecular complexity index is 524. The average Bonchev–Trinajstić information content (AvgIpc) is 2.46. The molecule has 1 aliphatic carbocycles. The molecule has 1 aromatic heterocycles. The number of nitriles is 1. The summed E-state index contributed by atoms with van der Waals surface area (Å²) in [7, 11) is 0. The predicted octanol–water partition coefficient (Wildman–Crippen LogP) is 1.90. The van der Waals surface area contributed by atoms with Crippen LogP contribution in [0.2, 0.25) is 0 Å². The number of thioether (sulfide) groups is 1. The van der Waals surface area contributed by atoms with E-state index in [4.69, 9.17) is 15.7 Å². The molecule has 1 saturated carbocycles. The van der Waals surface area contributed by atoms with Gasteiger partial charge in [-0.05, 0) is 25.7 Å². The van der Waals surface area contributed by atoms with Gasteiger partial charge in [0, 0.05) is 0 Å². The zero-order chi connectivity index (χ0) is 14.4. The fraction of sp³-hybridized carbons (Fsp3) is 0.538. The predicted molar refractivity (Wildman–Crippen MR) is 74.8 cm³/mol. The van der Waals surface area contributed by atoms with Crippen molar-refractivity contribution in [3.63, 3.8) is 0 Å². The molecule has 0 amide bonds. The second-order valence-electron chi connectivity index (χ2n) is 4.60. The van der Waals surface area contributed by atoms with Gasteiger partial charge in [0.25, 0.3) is 0 Å². The van der Waals surface area contributed by atoms with E-state index in [1.165, 1.54) is 12.6 Å². The van der Waals surface area contributed by atoms with Crippen molar-refractivity contribution in [2.24, 2.45) is 0 Å². The topological polar surface area (TPSA) is 102 Å². The molecular formula is C13H16N4O2S. The molecule has 7 heteroatoms. The number of nitrogens with two attached hydrogens (primary N) is 1. The Kier molecular flexibility index (Phi) is 5.18. The van der Waals surface area contributed by atoms with Crippen LogP contribution in [0.5, 0.6) is 0 Å². The summed E-state index contributed by atoms with van der Waals surface area (Å²) in [5.41, 5.74) is 5.82. The van der Waals surface area contributed by atoms with Crippen LogP contribution in [0.4, 0.5) is 5.82 Å². The minimum absolute atomic E-state index is 0.0591. The summed E-state index contributed by atoms with van der Waals surface area (Å²) in [5, 5.41) is 9.10. The number of esters is 1. The van der Waals surface area contributed by atoms with Crippen LogP contribution in [0.15, 0.2) is 11.4 Å². The average molecular weight is 292 g/mol. The van der Waals surface area contributed by atoms with Gasteiger partial charge in [-0.25, -0.2) is 9.97 Å². The van der Waals surface area contributed by atoms with Gasteiger partial charge in [-0.2, -0.15) is 5.26 Å². The van der Waals surface area contributed by atoms with Crippen molar-refractivity contribution in [3.05, 3.63) is 11.8 Å². The molecule has 6 nitrogen and oxygen atoms in total. The molecule has 1 aliphatic rings. The lowest BCUT2D eigenvalue weighted by atomic mass is 9.98. The zero-order valence-corrected chi connectivity index (χ0v) is 11.9. The van der Waals surface area contributed by atoms with Gasteiger partial charge in [-0.1, -0.05) is 18.2 Å². The van der Waals surface area contributed by atoms with Gasteiger partial charge < -0.3 is 10.5 Å². The van der Waals surface area contributed by atoms with E-state index in [1.54, 1.807) is 0 Å². The van der Waals surface area contributed by atoms with Crippen LogP contribution in [0, 0.1) is 11.3 Å². The first-order chi connectivity index (χ1) is 9.69. The van der Waals surface area contributed by atoms with E-state index in [1.807, 2.05) is 6.07 Å². The molecule has 0 atom stereocenters. The second-order valence-corrected chi connectivity index (χ2v) is 5.54. The normalized spacial score (nSPS) is 15.6. The van der Waals surface area contributed by atoms with Crippen molar-refractivity contribution in [1.29, 1.82) is 5.26 Å². The van der Waals surface area contributed by atoms with E-state index in [2.05, 4.69) is 9.97 Å². The van der Waals surface area contributed by atoms with Crippen LogP contribution in [0.25, 0.3) is 0 Å². The molecule has 0 saturated heterocycles. The molecule has 2 rings (SSSR count). The standard InChI is InChI=1S/C13H16N4O2S/c14-6-9-7-16-13(17-12(9)15)20-8-11(18)19-10-4-2-1-3-5-10/h7,10H,1-5,8H2,(H2,15,16,17). The quantitative estimate of drug-likeness (QED) is 0.513. The third-order valence-corrected chi connectivity index (χ3v) is 3.92. The minimum Gasteiger partial charge on any atom is -0.462 e. The molecule has 1 fully saturated rings. The fourth-order valence-electron chi connectivity index (χ4n) is 2.06. The SMILES string of the molecule is N#Cc1cnc(SCC(=O)OC2CCCCC2)nc1N. The van der Waals surface area contributed by atoms with Gasteiger partial charge in [0.1, 0.15) is 23.6 Å². The van der Waals surface area contributed by atoms with Gasteiger partial charge in [-0.15, -0.1) is 0 Å². The first-order valence-electron chi connectivity index (χ1n) is 6.54. The Hall–Kier alpha value is -1.81. The van der Waals surface area contributed by atoms with E-state index in [0.29, 0.717) is 5.16 Å². The minimum atomic E-state index is -0.256. The Morgan fingerprint density at radius 3 is 2.90 bits per heavy atom. The summed E-state index contributed by atoms with van der Waals surface area (Å²) in [6.45, 7) is 0. The molecule has 0 spiro atoms. The summed E-state index contributed by atoms with van der Waals surface area (Å²) in [6, 6.07) is 1.89. The van der Waals surface area contributed by atoms with Crippen molar-refractivity contribution in [2.75, 3.05) is 11.5 Å². The Morgan fingerprint density at radius 1 is 1.50 bits per heavy atom. The molecule has 2 N–H and O–H groups in total. The number of carbonyl (C=O) groups excluding carboxylic acids is 1. The first-order valence-corrected chi connectivity index (χ1v) is 7.52. The van der Waals surface area contributed by atoms with Crippen LogP contribution in [0.3, 0.4) is 0 Å². The maximum Gasteiger partial charge on any atom is 0.316 e. The molecule has 1 heterocycles. The maximum absolute atomic E-state index is 11.7. The summed E-state index contributed by atoms with van der Waals surface area (Å²) >= 11 is 1.16. The van der Waals surface area contributed by atoms with Crippen LogP contribution in [-0.2, 0) is 9.53 Å². The number of anilines is 1. The number of hydrogen-bond acceptors (Lipinski definition) is 7. The smallest absolute Gasteiger partial charge is 0.316 e. The van der Waals surface area contributed by atoms with E-state index in [9.17, 15) is 4.79 Å². The van der Waals surface area contributed by atoms with E-state index in [-0.39, 0.29) is 29.2 Å². The second kappa shape index (κ2) is 7.10. The van der Waals surface area contributed by atoms with Crippen molar-refractivity contribution >= 4 is 23.5 Å². The Morgan fingerprint density at radius 2 is 2.25 bits per heavy atom. The number of nitrogens with zero attached hydrogens (tertiary/aromatic N) is 3. The fourth-order valence-corrected chi connectivity index (χ4v) is 2.67. The van der Waals surface area contributed by atoms with E-state index < -0.39 is 0 Å². The first kappa shape index (κ1) is 14.6. The highest BCUT2D eigenvalue weighted by atomic mass is 32.2. The third kappa shape index (κ3) is 4.10. The molecule has 0 radical (unpaired) electrons. The molecule has 0 aliphatic heterocycles. The monoisotopic (exact) mass is 292 g/mol. The summed E-state index contributed by atoms with van der Waals surface area (Å²) in [5.74, 6) is 0.0288. The van der Waals surface area contributed by atoms with Gasteiger partial charge >= 0.3 is 5.97 Å². The Labute approximate surface area is 121 Å². The van der Waals surface area contributed by atoms with Crippen LogP contribution in [0.1, 0.15) is 37.7 Å². The van der Waals surface area contributed by atoms with Crippen molar-refractivity contribution in [2.45, 2.75) is 43.4 Å². The van der Waals surface area contributed by atoms with Gasteiger partial charge in [0.05, 0.1) is 11.9 Å². The molecule has 0 aromatic carbocycles. The molecule has 106 valence electrons. The number of aromatic nitrogens is 2. The highest BCUT2D eigenvalue weighted by Gasteiger charge is 2.18. The summed E-state index contributed by atoms with van der Waals surface area (Å²) in [4.78, 5) is 19.6. The highest BCUT2D eigenvalue weighted by molar-refractivity contribution is 7.99. The van der Waals surface area contributed by atoms with Gasteiger partial charge in [-0.3, -0.25) is 4.79 Å². The summed E-state index contributed by atoms with van der Waals surface area (Å²) in [6.07, 6.45) is 6.80. The van der Waals surface area contributed by atoms with E-state index in [0.717, 1.165) is 37.4 Å². The number of ether oxygens (including phenoxy) is 1.